The van der Waals surface area contributed by atoms with E-state index in [0.29, 0.717) is 141 Å². The van der Waals surface area contributed by atoms with Crippen molar-refractivity contribution in [1.82, 2.24) is 0 Å². The van der Waals surface area contributed by atoms with Crippen LogP contribution in [0, 0.1) is 0 Å². The highest BCUT2D eigenvalue weighted by Gasteiger charge is 2.19. The van der Waals surface area contributed by atoms with Crippen molar-refractivity contribution < 1.29 is 71.1 Å². The number of alkyl halides is 2. The predicted octanol–water partition coefficient (Wildman–Crippen LogP) is 2.21. The van der Waals surface area contributed by atoms with Gasteiger partial charge in [0.1, 0.15) is 12.2 Å². The number of methoxy groups -OCH3 is 2. The van der Waals surface area contributed by atoms with Gasteiger partial charge in [-0.05, 0) is 0 Å². The minimum Gasteiger partial charge on any atom is -0.428 e. The van der Waals surface area contributed by atoms with Crippen LogP contribution in [-0.4, -0.2) is 187 Å². The van der Waals surface area contributed by atoms with E-state index in [1.807, 2.05) is 0 Å². The Balaban J connectivity index is 3.59. The molecule has 0 aliphatic heterocycles. The molecule has 0 aromatic rings. The topological polar surface area (TPSA) is 146 Å². The summed E-state index contributed by atoms with van der Waals surface area (Å²) in [7, 11) is 3.27. The molecule has 46 heavy (non-hydrogen) atoms. The molecule has 0 amide bonds. The molecule has 0 saturated heterocycles. The number of hydrogen-bond acceptors (Lipinski definition) is 15. The van der Waals surface area contributed by atoms with Crippen LogP contribution in [0.1, 0.15) is 0 Å². The largest absolute Gasteiger partial charge is 0.509 e. The highest BCUT2D eigenvalue weighted by molar-refractivity contribution is 14.1. The first-order valence-corrected chi connectivity index (χ1v) is 18.5. The fourth-order valence-corrected chi connectivity index (χ4v) is 3.86. The molecule has 17 heteroatoms. The quantitative estimate of drug-likeness (QED) is 0.0386. The van der Waals surface area contributed by atoms with E-state index in [2.05, 4.69) is 45.2 Å². The van der Waals surface area contributed by atoms with Gasteiger partial charge in [0.25, 0.3) is 0 Å². The second-order valence-electron chi connectivity index (χ2n) is 9.07. The van der Waals surface area contributed by atoms with Gasteiger partial charge in [0.05, 0.1) is 145 Å². The zero-order valence-corrected chi connectivity index (χ0v) is 31.8. The fourth-order valence-electron chi connectivity index (χ4n) is 2.99. The van der Waals surface area contributed by atoms with Gasteiger partial charge >= 0.3 is 6.16 Å². The normalized spacial score (nSPS) is 12.8. The molecule has 0 aromatic carbocycles. The summed E-state index contributed by atoms with van der Waals surface area (Å²) in [6.45, 7) is 10.2. The Bertz CT molecular complexity index is 565. The van der Waals surface area contributed by atoms with Gasteiger partial charge in [-0.1, -0.05) is 45.2 Å². The second kappa shape index (κ2) is 39.7. The number of rotatable bonds is 38. The molecule has 0 N–H and O–H groups in total. The minimum atomic E-state index is -0.748. The Morgan fingerprint density at radius 3 is 0.826 bits per heavy atom. The van der Waals surface area contributed by atoms with Crippen LogP contribution in [-0.2, 0) is 66.3 Å². The third-order valence-corrected chi connectivity index (χ3v) is 7.28. The zero-order valence-electron chi connectivity index (χ0n) is 27.5. The van der Waals surface area contributed by atoms with Crippen molar-refractivity contribution >= 4 is 51.3 Å². The van der Waals surface area contributed by atoms with Crippen molar-refractivity contribution in [2.45, 2.75) is 12.2 Å². The molecule has 0 fully saturated rings. The standard InChI is InChI=1S/C29H56I2O15/c1-33-3-5-35-7-9-37-11-13-39-15-17-41-19-21-43-25-27(23-30)45-29(32)46-28(24-31)26-44-22-20-42-18-16-40-14-12-38-10-8-36-6-4-34-2/h27-28H,3-26H2,1-2H3. The zero-order chi connectivity index (χ0) is 33.6. The lowest BCUT2D eigenvalue weighted by Crippen LogP contribution is -2.31. The molecule has 0 aliphatic rings. The van der Waals surface area contributed by atoms with Crippen LogP contribution in [0.25, 0.3) is 0 Å². The average molecular weight is 899 g/mol. The van der Waals surface area contributed by atoms with Crippen LogP contribution in [0.2, 0.25) is 0 Å². The lowest BCUT2D eigenvalue weighted by molar-refractivity contribution is -0.0496. The Labute approximate surface area is 301 Å². The first kappa shape index (κ1) is 46.2. The molecule has 0 bridgehead atoms. The summed E-state index contributed by atoms with van der Waals surface area (Å²) in [5.41, 5.74) is 0. The third-order valence-electron chi connectivity index (χ3n) is 5.32. The van der Waals surface area contributed by atoms with E-state index >= 15 is 0 Å². The maximum Gasteiger partial charge on any atom is 0.509 e. The number of hydrogen-bond donors (Lipinski definition) is 0. The molecule has 2 unspecified atom stereocenters. The van der Waals surface area contributed by atoms with Gasteiger partial charge in [-0.2, -0.15) is 0 Å². The lowest BCUT2D eigenvalue weighted by Gasteiger charge is -2.19. The molecule has 0 aliphatic carbocycles. The van der Waals surface area contributed by atoms with E-state index in [1.165, 1.54) is 0 Å². The summed E-state index contributed by atoms with van der Waals surface area (Å²) < 4.78 is 76.1. The Morgan fingerprint density at radius 1 is 0.391 bits per heavy atom. The minimum absolute atomic E-state index is 0.244. The highest BCUT2D eigenvalue weighted by Crippen LogP contribution is 2.06. The first-order valence-electron chi connectivity index (χ1n) is 15.4. The van der Waals surface area contributed by atoms with Gasteiger partial charge in [-0.25, -0.2) is 4.79 Å². The van der Waals surface area contributed by atoms with E-state index in [9.17, 15) is 4.79 Å². The van der Waals surface area contributed by atoms with Gasteiger partial charge < -0.3 is 66.3 Å². The highest BCUT2D eigenvalue weighted by atomic mass is 127. The predicted molar refractivity (Wildman–Crippen MR) is 185 cm³/mol. The Hall–Kier alpha value is 0.250. The van der Waals surface area contributed by atoms with E-state index < -0.39 is 18.4 Å². The number of ether oxygens (including phenoxy) is 14. The van der Waals surface area contributed by atoms with Crippen molar-refractivity contribution in [2.75, 3.05) is 168 Å². The van der Waals surface area contributed by atoms with Crippen LogP contribution >= 0.6 is 45.2 Å². The molecule has 276 valence electrons. The molecule has 0 aromatic heterocycles. The molecule has 0 rings (SSSR count). The van der Waals surface area contributed by atoms with E-state index in [0.717, 1.165) is 0 Å². The van der Waals surface area contributed by atoms with Crippen molar-refractivity contribution in [3.05, 3.63) is 0 Å². The van der Waals surface area contributed by atoms with Gasteiger partial charge in [0.15, 0.2) is 0 Å². The summed E-state index contributed by atoms with van der Waals surface area (Å²) in [5, 5.41) is 0. The molecular formula is C29H56I2O15. The summed E-state index contributed by atoms with van der Waals surface area (Å²) >= 11 is 4.28. The maximum absolute atomic E-state index is 12.2. The maximum atomic E-state index is 12.2. The van der Waals surface area contributed by atoms with E-state index in [1.54, 1.807) is 14.2 Å². The molecule has 0 saturated carbocycles. The Kier molecular flexibility index (Phi) is 39.9. The van der Waals surface area contributed by atoms with Crippen molar-refractivity contribution in [3.63, 3.8) is 0 Å². The van der Waals surface area contributed by atoms with E-state index in [4.69, 9.17) is 66.3 Å². The van der Waals surface area contributed by atoms with Gasteiger partial charge in [-0.15, -0.1) is 0 Å². The average Bonchev–Trinajstić information content (AvgIpc) is 3.06. The molecular weight excluding hydrogens is 842 g/mol. The van der Waals surface area contributed by atoms with Gasteiger partial charge in [0, 0.05) is 23.1 Å². The molecule has 0 heterocycles. The van der Waals surface area contributed by atoms with Gasteiger partial charge in [0.2, 0.25) is 0 Å². The number of halogens is 2. The molecule has 15 nitrogen and oxygen atoms in total. The fraction of sp³-hybridized carbons (Fsp3) is 0.966. The molecule has 2 atom stereocenters. The number of carbonyl (C=O) groups excluding carboxylic acids is 1. The van der Waals surface area contributed by atoms with Crippen LogP contribution in [0.5, 0.6) is 0 Å². The van der Waals surface area contributed by atoms with E-state index in [-0.39, 0.29) is 13.2 Å². The summed E-state index contributed by atoms with van der Waals surface area (Å²) in [6.07, 6.45) is -1.61. The van der Waals surface area contributed by atoms with Crippen molar-refractivity contribution in [3.8, 4) is 0 Å². The Morgan fingerprint density at radius 2 is 0.609 bits per heavy atom. The first-order chi connectivity index (χ1) is 22.7. The van der Waals surface area contributed by atoms with Crippen molar-refractivity contribution in [1.29, 1.82) is 0 Å². The van der Waals surface area contributed by atoms with Crippen LogP contribution in [0.15, 0.2) is 0 Å². The third kappa shape index (κ3) is 35.6. The summed E-state index contributed by atoms with van der Waals surface area (Å²) in [5.74, 6) is 0. The number of carbonyl (C=O) groups is 1. The second-order valence-corrected chi connectivity index (χ2v) is 10.8. The lowest BCUT2D eigenvalue weighted by atomic mass is 10.4. The molecule has 0 radical (unpaired) electrons. The van der Waals surface area contributed by atoms with Crippen LogP contribution < -0.4 is 0 Å². The van der Waals surface area contributed by atoms with Crippen molar-refractivity contribution in [2.24, 2.45) is 0 Å². The van der Waals surface area contributed by atoms with Crippen LogP contribution in [0.4, 0.5) is 4.79 Å². The smallest absolute Gasteiger partial charge is 0.428 e. The van der Waals surface area contributed by atoms with Crippen LogP contribution in [0.3, 0.4) is 0 Å². The summed E-state index contributed by atoms with van der Waals surface area (Å²) in [4.78, 5) is 12.2. The monoisotopic (exact) mass is 898 g/mol. The van der Waals surface area contributed by atoms with Gasteiger partial charge in [-0.3, -0.25) is 0 Å². The summed E-state index contributed by atoms with van der Waals surface area (Å²) in [6, 6.07) is 0. The molecule has 0 spiro atoms. The SMILES string of the molecule is COCCOCCOCCOCCOCCOCC(CI)OC(=O)OC(CI)COCCOCCOCCOCCOCCOC.